The van der Waals surface area contributed by atoms with Gasteiger partial charge in [0.05, 0.1) is 24.0 Å². The molecule has 1 aliphatic rings. The van der Waals surface area contributed by atoms with Gasteiger partial charge in [-0.3, -0.25) is 9.69 Å². The largest absolute Gasteiger partial charge is 0.323 e. The van der Waals surface area contributed by atoms with E-state index in [0.717, 1.165) is 48.1 Å². The molecule has 1 aliphatic heterocycles. The number of hydrogen-bond acceptors (Lipinski definition) is 6. The fraction of sp³-hybridized carbons (Fsp3) is 0.462. The summed E-state index contributed by atoms with van der Waals surface area (Å²) >= 11 is 1.16. The molecule has 1 aromatic carbocycles. The van der Waals surface area contributed by atoms with E-state index in [-0.39, 0.29) is 5.91 Å². The molecule has 1 amide bonds. The molecule has 6 nitrogen and oxygen atoms in total. The number of nitrogens with zero attached hydrogens (tertiary/aromatic N) is 3. The van der Waals surface area contributed by atoms with Crippen LogP contribution in [0.1, 0.15) is 6.92 Å². The van der Waals surface area contributed by atoms with Crippen LogP contribution >= 0.6 is 11.7 Å². The highest BCUT2D eigenvalue weighted by Crippen LogP contribution is 2.21. The molecule has 106 valence electrons. The Labute approximate surface area is 121 Å². The molecule has 1 fully saturated rings. The van der Waals surface area contributed by atoms with E-state index < -0.39 is 0 Å². The first-order valence-electron chi connectivity index (χ1n) is 6.74. The number of rotatable bonds is 5. The highest BCUT2D eigenvalue weighted by molar-refractivity contribution is 7.00. The first kappa shape index (κ1) is 13.4. The average molecular weight is 291 g/mol. The van der Waals surface area contributed by atoms with Crippen LogP contribution in [-0.2, 0) is 4.79 Å². The highest BCUT2D eigenvalue weighted by Gasteiger charge is 2.25. The molecule has 2 N–H and O–H groups in total. The molecule has 0 bridgehead atoms. The number of fused-ring (bicyclic) bond motifs is 1. The van der Waals surface area contributed by atoms with Gasteiger partial charge in [-0.15, -0.1) is 0 Å². The summed E-state index contributed by atoms with van der Waals surface area (Å²) < 4.78 is 8.40. The summed E-state index contributed by atoms with van der Waals surface area (Å²) in [6, 6.07) is 6.12. The predicted molar refractivity (Wildman–Crippen MR) is 79.9 cm³/mol. The third-order valence-electron chi connectivity index (χ3n) is 3.59. The van der Waals surface area contributed by atoms with Crippen LogP contribution in [0.5, 0.6) is 0 Å². The third-order valence-corrected chi connectivity index (χ3v) is 4.13. The van der Waals surface area contributed by atoms with Gasteiger partial charge >= 0.3 is 0 Å². The Balaban J connectivity index is 1.67. The maximum Gasteiger partial charge on any atom is 0.238 e. The standard InChI is InChI=1S/C13H17N5OS/c1-2-18(9-6-14-7-9)8-12(19)15-10-4-3-5-11-13(10)17-20-16-11/h3-5,9,14H,2,6-8H2,1H3,(H,15,19). The van der Waals surface area contributed by atoms with Crippen molar-refractivity contribution in [3.63, 3.8) is 0 Å². The van der Waals surface area contributed by atoms with Crippen molar-refractivity contribution in [2.75, 3.05) is 31.5 Å². The molecule has 0 saturated carbocycles. The van der Waals surface area contributed by atoms with Crippen molar-refractivity contribution in [3.05, 3.63) is 18.2 Å². The summed E-state index contributed by atoms with van der Waals surface area (Å²) in [7, 11) is 0. The van der Waals surface area contributed by atoms with E-state index in [2.05, 4.69) is 31.2 Å². The van der Waals surface area contributed by atoms with E-state index in [0.29, 0.717) is 12.6 Å². The maximum atomic E-state index is 12.2. The zero-order valence-corrected chi connectivity index (χ0v) is 12.1. The van der Waals surface area contributed by atoms with E-state index in [9.17, 15) is 4.79 Å². The van der Waals surface area contributed by atoms with Gasteiger partial charge in [-0.2, -0.15) is 8.75 Å². The molecule has 20 heavy (non-hydrogen) atoms. The lowest BCUT2D eigenvalue weighted by molar-refractivity contribution is -0.118. The lowest BCUT2D eigenvalue weighted by Crippen LogP contribution is -2.58. The molecular weight excluding hydrogens is 274 g/mol. The van der Waals surface area contributed by atoms with E-state index in [1.165, 1.54) is 0 Å². The molecule has 2 heterocycles. The summed E-state index contributed by atoms with van der Waals surface area (Å²) in [4.78, 5) is 14.4. The van der Waals surface area contributed by atoms with Gasteiger partial charge < -0.3 is 10.6 Å². The third kappa shape index (κ3) is 2.65. The van der Waals surface area contributed by atoms with Crippen molar-refractivity contribution in [2.24, 2.45) is 0 Å². The van der Waals surface area contributed by atoms with Crippen LogP contribution in [0.3, 0.4) is 0 Å². The van der Waals surface area contributed by atoms with E-state index in [1.54, 1.807) is 0 Å². The second kappa shape index (κ2) is 5.82. The normalized spacial score (nSPS) is 15.5. The summed E-state index contributed by atoms with van der Waals surface area (Å²) in [5.41, 5.74) is 2.33. The molecule has 0 radical (unpaired) electrons. The Bertz CT molecular complexity index is 610. The molecular formula is C13H17N5OS. The van der Waals surface area contributed by atoms with Crippen LogP contribution in [0.4, 0.5) is 5.69 Å². The summed E-state index contributed by atoms with van der Waals surface area (Å²) in [6.07, 6.45) is 0. The van der Waals surface area contributed by atoms with Crippen LogP contribution in [0.15, 0.2) is 18.2 Å². The Kier molecular flexibility index (Phi) is 3.90. The van der Waals surface area contributed by atoms with Gasteiger partial charge in [-0.1, -0.05) is 13.0 Å². The second-order valence-electron chi connectivity index (χ2n) is 4.86. The number of anilines is 1. The number of hydrogen-bond donors (Lipinski definition) is 2. The lowest BCUT2D eigenvalue weighted by Gasteiger charge is -2.37. The van der Waals surface area contributed by atoms with Crippen molar-refractivity contribution < 1.29 is 4.79 Å². The number of aromatic nitrogens is 2. The van der Waals surface area contributed by atoms with Gasteiger partial charge in [-0.25, -0.2) is 0 Å². The smallest absolute Gasteiger partial charge is 0.238 e. The quantitative estimate of drug-likeness (QED) is 0.857. The minimum atomic E-state index is -0.000694. The molecule has 1 saturated heterocycles. The minimum absolute atomic E-state index is 0.000694. The zero-order valence-electron chi connectivity index (χ0n) is 11.3. The maximum absolute atomic E-state index is 12.2. The molecule has 0 spiro atoms. The fourth-order valence-electron chi connectivity index (χ4n) is 2.31. The Morgan fingerprint density at radius 3 is 3.05 bits per heavy atom. The van der Waals surface area contributed by atoms with Gasteiger partial charge in [0.2, 0.25) is 5.91 Å². The summed E-state index contributed by atoms with van der Waals surface area (Å²) in [5.74, 6) is -0.000694. The number of benzene rings is 1. The van der Waals surface area contributed by atoms with Crippen molar-refractivity contribution in [3.8, 4) is 0 Å². The second-order valence-corrected chi connectivity index (χ2v) is 5.39. The number of likely N-dealkylation sites (N-methyl/N-ethyl adjacent to an activating group) is 1. The van der Waals surface area contributed by atoms with Crippen LogP contribution in [0.25, 0.3) is 11.0 Å². The minimum Gasteiger partial charge on any atom is -0.323 e. The van der Waals surface area contributed by atoms with Crippen LogP contribution in [0, 0.1) is 0 Å². The Hall–Kier alpha value is -1.57. The molecule has 0 aliphatic carbocycles. The van der Waals surface area contributed by atoms with Gasteiger partial charge in [0.1, 0.15) is 11.0 Å². The van der Waals surface area contributed by atoms with E-state index in [1.807, 2.05) is 18.2 Å². The number of nitrogens with one attached hydrogen (secondary N) is 2. The Morgan fingerprint density at radius 1 is 1.50 bits per heavy atom. The van der Waals surface area contributed by atoms with Gasteiger partial charge in [0.25, 0.3) is 0 Å². The summed E-state index contributed by atoms with van der Waals surface area (Å²) in [5, 5.41) is 6.17. The topological polar surface area (TPSA) is 70.2 Å². The average Bonchev–Trinajstić information content (AvgIpc) is 2.85. The Morgan fingerprint density at radius 2 is 2.35 bits per heavy atom. The lowest BCUT2D eigenvalue weighted by atomic mass is 10.1. The molecule has 0 atom stereocenters. The fourth-order valence-corrected chi connectivity index (χ4v) is 2.86. The van der Waals surface area contributed by atoms with Gasteiger partial charge in [0, 0.05) is 19.1 Å². The SMILES string of the molecule is CCN(CC(=O)Nc1cccc2nsnc12)C1CNC1. The van der Waals surface area contributed by atoms with Gasteiger partial charge in [0.15, 0.2) is 0 Å². The van der Waals surface area contributed by atoms with Crippen molar-refractivity contribution in [1.29, 1.82) is 0 Å². The predicted octanol–water partition coefficient (Wildman–Crippen LogP) is 0.924. The van der Waals surface area contributed by atoms with Gasteiger partial charge in [-0.05, 0) is 18.7 Å². The molecule has 3 rings (SSSR count). The number of carbonyl (C=O) groups excluding carboxylic acids is 1. The molecule has 0 unspecified atom stereocenters. The first-order chi connectivity index (χ1) is 9.78. The summed E-state index contributed by atoms with van der Waals surface area (Å²) in [6.45, 7) is 5.30. The van der Waals surface area contributed by atoms with E-state index in [4.69, 9.17) is 0 Å². The zero-order chi connectivity index (χ0) is 13.9. The van der Waals surface area contributed by atoms with Crippen molar-refractivity contribution >= 4 is 34.4 Å². The number of amides is 1. The monoisotopic (exact) mass is 291 g/mol. The van der Waals surface area contributed by atoms with Crippen LogP contribution in [-0.4, -0.2) is 51.8 Å². The molecule has 1 aromatic heterocycles. The molecule has 2 aromatic rings. The molecule has 7 heteroatoms. The van der Waals surface area contributed by atoms with Crippen LogP contribution < -0.4 is 10.6 Å². The van der Waals surface area contributed by atoms with Crippen molar-refractivity contribution in [1.82, 2.24) is 19.0 Å². The highest BCUT2D eigenvalue weighted by atomic mass is 32.1. The number of carbonyl (C=O) groups is 1. The van der Waals surface area contributed by atoms with Crippen molar-refractivity contribution in [2.45, 2.75) is 13.0 Å². The van der Waals surface area contributed by atoms with Crippen LogP contribution in [0.2, 0.25) is 0 Å². The first-order valence-corrected chi connectivity index (χ1v) is 7.47. The van der Waals surface area contributed by atoms with E-state index >= 15 is 0 Å².